The van der Waals surface area contributed by atoms with Crippen LogP contribution in [0.15, 0.2) is 36.4 Å². The standard InChI is InChI=1S/C16H17ClFNO2/c1-3-21-14-8-7-12(9-15(14)20-2)19-10-11-5-4-6-13(17)16(11)18/h4-9,19H,3,10H2,1-2H3. The highest BCUT2D eigenvalue weighted by Gasteiger charge is 2.08. The highest BCUT2D eigenvalue weighted by atomic mass is 35.5. The van der Waals surface area contributed by atoms with Gasteiger partial charge in [0.25, 0.3) is 0 Å². The predicted octanol–water partition coefficient (Wildman–Crippen LogP) is 4.50. The van der Waals surface area contributed by atoms with Crippen LogP contribution in [0.5, 0.6) is 11.5 Å². The molecule has 0 bridgehead atoms. The summed E-state index contributed by atoms with van der Waals surface area (Å²) in [5.74, 6) is 0.914. The smallest absolute Gasteiger partial charge is 0.162 e. The van der Waals surface area contributed by atoms with Crippen LogP contribution in [-0.4, -0.2) is 13.7 Å². The number of ether oxygens (including phenoxy) is 2. The van der Waals surface area contributed by atoms with Crippen molar-refractivity contribution < 1.29 is 13.9 Å². The summed E-state index contributed by atoms with van der Waals surface area (Å²) >= 11 is 5.76. The minimum atomic E-state index is -0.399. The fraction of sp³-hybridized carbons (Fsp3) is 0.250. The first-order chi connectivity index (χ1) is 10.2. The summed E-state index contributed by atoms with van der Waals surface area (Å²) in [5.41, 5.74) is 1.32. The van der Waals surface area contributed by atoms with E-state index in [2.05, 4.69) is 5.32 Å². The lowest BCUT2D eigenvalue weighted by molar-refractivity contribution is 0.311. The van der Waals surface area contributed by atoms with Crippen molar-refractivity contribution in [2.45, 2.75) is 13.5 Å². The van der Waals surface area contributed by atoms with Crippen molar-refractivity contribution in [2.75, 3.05) is 19.0 Å². The van der Waals surface area contributed by atoms with Crippen molar-refractivity contribution in [2.24, 2.45) is 0 Å². The van der Waals surface area contributed by atoms with E-state index in [1.165, 1.54) is 6.07 Å². The summed E-state index contributed by atoms with van der Waals surface area (Å²) in [6.45, 7) is 2.81. The molecule has 0 radical (unpaired) electrons. The second-order valence-electron chi connectivity index (χ2n) is 4.37. The zero-order chi connectivity index (χ0) is 15.2. The van der Waals surface area contributed by atoms with E-state index in [0.717, 1.165) is 5.69 Å². The summed E-state index contributed by atoms with van der Waals surface area (Å²) in [5, 5.41) is 3.26. The van der Waals surface area contributed by atoms with Gasteiger partial charge in [-0.25, -0.2) is 4.39 Å². The number of nitrogens with one attached hydrogen (secondary N) is 1. The molecule has 21 heavy (non-hydrogen) atoms. The van der Waals surface area contributed by atoms with E-state index in [-0.39, 0.29) is 5.02 Å². The van der Waals surface area contributed by atoms with Gasteiger partial charge in [0.2, 0.25) is 0 Å². The average Bonchev–Trinajstić information content (AvgIpc) is 2.50. The lowest BCUT2D eigenvalue weighted by Gasteiger charge is -2.13. The van der Waals surface area contributed by atoms with Crippen LogP contribution in [-0.2, 0) is 6.54 Å². The highest BCUT2D eigenvalue weighted by molar-refractivity contribution is 6.30. The van der Waals surface area contributed by atoms with Gasteiger partial charge >= 0.3 is 0 Å². The van der Waals surface area contributed by atoms with Gasteiger partial charge in [0.05, 0.1) is 18.7 Å². The fourth-order valence-electron chi connectivity index (χ4n) is 1.93. The number of hydrogen-bond acceptors (Lipinski definition) is 3. The van der Waals surface area contributed by atoms with Crippen molar-refractivity contribution in [3.05, 3.63) is 52.8 Å². The second kappa shape index (κ2) is 7.18. The lowest BCUT2D eigenvalue weighted by atomic mass is 10.2. The third kappa shape index (κ3) is 3.79. The van der Waals surface area contributed by atoms with E-state index in [1.807, 2.05) is 25.1 Å². The lowest BCUT2D eigenvalue weighted by Crippen LogP contribution is -2.03. The first-order valence-electron chi connectivity index (χ1n) is 6.63. The number of hydrogen-bond donors (Lipinski definition) is 1. The van der Waals surface area contributed by atoms with E-state index >= 15 is 0 Å². The van der Waals surface area contributed by atoms with Crippen LogP contribution >= 0.6 is 11.6 Å². The molecule has 2 aromatic rings. The van der Waals surface area contributed by atoms with Gasteiger partial charge in [-0.05, 0) is 25.1 Å². The van der Waals surface area contributed by atoms with Crippen LogP contribution in [0.3, 0.4) is 0 Å². The average molecular weight is 310 g/mol. The molecule has 0 atom stereocenters. The van der Waals surface area contributed by atoms with E-state index in [9.17, 15) is 4.39 Å². The first-order valence-corrected chi connectivity index (χ1v) is 7.01. The largest absolute Gasteiger partial charge is 0.493 e. The molecule has 112 valence electrons. The summed E-state index contributed by atoms with van der Waals surface area (Å²) < 4.78 is 24.5. The SMILES string of the molecule is CCOc1ccc(NCc2cccc(Cl)c2F)cc1OC. The molecular formula is C16H17ClFNO2. The third-order valence-electron chi connectivity index (χ3n) is 2.98. The summed E-state index contributed by atoms with van der Waals surface area (Å²) in [6, 6.07) is 10.4. The molecule has 2 aromatic carbocycles. The van der Waals surface area contributed by atoms with Crippen LogP contribution in [0, 0.1) is 5.82 Å². The molecule has 0 aromatic heterocycles. The quantitative estimate of drug-likeness (QED) is 0.852. The maximum atomic E-state index is 13.8. The molecule has 0 unspecified atom stereocenters. The molecule has 0 spiro atoms. The summed E-state index contributed by atoms with van der Waals surface area (Å²) in [4.78, 5) is 0. The zero-order valence-electron chi connectivity index (χ0n) is 12.0. The monoisotopic (exact) mass is 309 g/mol. The Morgan fingerprint density at radius 3 is 2.71 bits per heavy atom. The Morgan fingerprint density at radius 2 is 2.00 bits per heavy atom. The first kappa shape index (κ1) is 15.4. The minimum Gasteiger partial charge on any atom is -0.493 e. The van der Waals surface area contributed by atoms with Crippen molar-refractivity contribution in [3.8, 4) is 11.5 Å². The molecule has 5 heteroatoms. The molecular weight excluding hydrogens is 293 g/mol. The number of anilines is 1. The fourth-order valence-corrected chi connectivity index (χ4v) is 2.13. The summed E-state index contributed by atoms with van der Waals surface area (Å²) in [7, 11) is 1.58. The maximum absolute atomic E-state index is 13.8. The van der Waals surface area contributed by atoms with Gasteiger partial charge in [-0.2, -0.15) is 0 Å². The van der Waals surface area contributed by atoms with Crippen LogP contribution in [0.1, 0.15) is 12.5 Å². The maximum Gasteiger partial charge on any atom is 0.162 e. The molecule has 1 N–H and O–H groups in total. The van der Waals surface area contributed by atoms with Crippen LogP contribution in [0.25, 0.3) is 0 Å². The van der Waals surface area contributed by atoms with Crippen molar-refractivity contribution in [1.82, 2.24) is 0 Å². The van der Waals surface area contributed by atoms with Gasteiger partial charge in [0.15, 0.2) is 11.5 Å². The van der Waals surface area contributed by atoms with Gasteiger partial charge in [-0.3, -0.25) is 0 Å². The molecule has 0 saturated carbocycles. The Kier molecular flexibility index (Phi) is 5.28. The highest BCUT2D eigenvalue weighted by Crippen LogP contribution is 2.30. The van der Waals surface area contributed by atoms with Crippen LogP contribution in [0.4, 0.5) is 10.1 Å². The molecule has 0 fully saturated rings. The second-order valence-corrected chi connectivity index (χ2v) is 4.77. The van der Waals surface area contributed by atoms with Crippen molar-refractivity contribution >= 4 is 17.3 Å². The van der Waals surface area contributed by atoms with E-state index in [4.69, 9.17) is 21.1 Å². The van der Waals surface area contributed by atoms with E-state index in [0.29, 0.717) is 30.2 Å². The Labute approximate surface area is 128 Å². The molecule has 0 saturated heterocycles. The zero-order valence-corrected chi connectivity index (χ0v) is 12.7. The summed E-state index contributed by atoms with van der Waals surface area (Å²) in [6.07, 6.45) is 0. The van der Waals surface area contributed by atoms with Crippen molar-refractivity contribution in [3.63, 3.8) is 0 Å². The van der Waals surface area contributed by atoms with E-state index < -0.39 is 5.82 Å². The number of methoxy groups -OCH3 is 1. The molecule has 0 aliphatic carbocycles. The van der Waals surface area contributed by atoms with Gasteiger partial charge in [0, 0.05) is 23.9 Å². The molecule has 0 aliphatic heterocycles. The Bertz CT molecular complexity index is 619. The molecule has 0 aliphatic rings. The topological polar surface area (TPSA) is 30.5 Å². The van der Waals surface area contributed by atoms with Gasteiger partial charge in [-0.1, -0.05) is 23.7 Å². The van der Waals surface area contributed by atoms with Crippen LogP contribution < -0.4 is 14.8 Å². The minimum absolute atomic E-state index is 0.124. The third-order valence-corrected chi connectivity index (χ3v) is 3.27. The molecule has 0 amide bonds. The Balaban J connectivity index is 2.11. The molecule has 0 heterocycles. The van der Waals surface area contributed by atoms with Gasteiger partial charge in [-0.15, -0.1) is 0 Å². The number of halogens is 2. The van der Waals surface area contributed by atoms with Gasteiger partial charge < -0.3 is 14.8 Å². The molecule has 3 nitrogen and oxygen atoms in total. The Hall–Kier alpha value is -1.94. The predicted molar refractivity (Wildman–Crippen MR) is 82.9 cm³/mol. The number of rotatable bonds is 6. The normalized spacial score (nSPS) is 10.3. The van der Waals surface area contributed by atoms with Crippen molar-refractivity contribution in [1.29, 1.82) is 0 Å². The molecule has 2 rings (SSSR count). The van der Waals surface area contributed by atoms with Gasteiger partial charge in [0.1, 0.15) is 5.82 Å². The number of benzene rings is 2. The van der Waals surface area contributed by atoms with E-state index in [1.54, 1.807) is 19.2 Å². The Morgan fingerprint density at radius 1 is 1.19 bits per heavy atom. The van der Waals surface area contributed by atoms with Crippen LogP contribution in [0.2, 0.25) is 5.02 Å².